The first-order valence-electron chi connectivity index (χ1n) is 7.32. The molecule has 1 amide bonds. The Morgan fingerprint density at radius 1 is 1.45 bits per heavy atom. The molecule has 3 nitrogen and oxygen atoms in total. The van der Waals surface area contributed by atoms with Crippen LogP contribution in [0, 0.1) is 13.8 Å². The lowest BCUT2D eigenvalue weighted by Gasteiger charge is -2.33. The number of amides is 1. The third-order valence-corrected chi connectivity index (χ3v) is 3.97. The van der Waals surface area contributed by atoms with Crippen molar-refractivity contribution in [3.8, 4) is 0 Å². The second-order valence-electron chi connectivity index (χ2n) is 5.62. The SMILES string of the molecule is C=CCC(=O)N1CCCC(Nc2ccc(C)c(C)c2)C1. The number of carbonyl (C=O) groups is 1. The van der Waals surface area contributed by atoms with E-state index in [0.717, 1.165) is 31.6 Å². The van der Waals surface area contributed by atoms with Gasteiger partial charge in [0.15, 0.2) is 0 Å². The van der Waals surface area contributed by atoms with Crippen LogP contribution in [0.1, 0.15) is 30.4 Å². The number of nitrogens with one attached hydrogen (secondary N) is 1. The van der Waals surface area contributed by atoms with Crippen molar-refractivity contribution in [1.82, 2.24) is 4.90 Å². The van der Waals surface area contributed by atoms with Crippen LogP contribution >= 0.6 is 0 Å². The van der Waals surface area contributed by atoms with Gasteiger partial charge in [-0.3, -0.25) is 4.79 Å². The lowest BCUT2D eigenvalue weighted by molar-refractivity contribution is -0.131. The van der Waals surface area contributed by atoms with Gasteiger partial charge in [0.1, 0.15) is 0 Å². The largest absolute Gasteiger partial charge is 0.381 e. The zero-order chi connectivity index (χ0) is 14.5. The molecule has 3 heteroatoms. The molecule has 1 saturated heterocycles. The quantitative estimate of drug-likeness (QED) is 0.853. The number of rotatable bonds is 4. The van der Waals surface area contributed by atoms with Gasteiger partial charge in [-0.05, 0) is 49.9 Å². The normalized spacial score (nSPS) is 18.7. The minimum atomic E-state index is 0.187. The molecule has 1 heterocycles. The van der Waals surface area contributed by atoms with Crippen molar-refractivity contribution in [1.29, 1.82) is 0 Å². The molecule has 1 aliphatic heterocycles. The van der Waals surface area contributed by atoms with Crippen LogP contribution in [-0.2, 0) is 4.79 Å². The molecule has 108 valence electrons. The fraction of sp³-hybridized carbons (Fsp3) is 0.471. The molecule has 1 aromatic rings. The number of hydrogen-bond acceptors (Lipinski definition) is 2. The van der Waals surface area contributed by atoms with Crippen molar-refractivity contribution in [3.05, 3.63) is 42.0 Å². The summed E-state index contributed by atoms with van der Waals surface area (Å²) in [6.45, 7) is 9.55. The van der Waals surface area contributed by atoms with Gasteiger partial charge in [-0.25, -0.2) is 0 Å². The summed E-state index contributed by atoms with van der Waals surface area (Å²) in [5.41, 5.74) is 3.75. The van der Waals surface area contributed by atoms with Crippen LogP contribution in [0.25, 0.3) is 0 Å². The zero-order valence-corrected chi connectivity index (χ0v) is 12.5. The van der Waals surface area contributed by atoms with Crippen molar-refractivity contribution in [2.75, 3.05) is 18.4 Å². The Morgan fingerprint density at radius 2 is 2.25 bits per heavy atom. The number of carbonyl (C=O) groups excluding carboxylic acids is 1. The summed E-state index contributed by atoms with van der Waals surface area (Å²) in [5.74, 6) is 0.187. The number of hydrogen-bond donors (Lipinski definition) is 1. The van der Waals surface area contributed by atoms with Crippen LogP contribution in [0.4, 0.5) is 5.69 Å². The Bertz CT molecular complexity index is 496. The fourth-order valence-electron chi connectivity index (χ4n) is 2.64. The van der Waals surface area contributed by atoms with Gasteiger partial charge in [0.25, 0.3) is 0 Å². The predicted octanol–water partition coefficient (Wildman–Crippen LogP) is 3.28. The molecule has 0 aromatic heterocycles. The molecule has 0 radical (unpaired) electrons. The van der Waals surface area contributed by atoms with Gasteiger partial charge >= 0.3 is 0 Å². The Kier molecular flexibility index (Phi) is 4.83. The third kappa shape index (κ3) is 3.62. The highest BCUT2D eigenvalue weighted by atomic mass is 16.2. The molecule has 1 aromatic carbocycles. The Balaban J connectivity index is 1.97. The number of nitrogens with zero attached hydrogens (tertiary/aromatic N) is 1. The first-order chi connectivity index (χ1) is 9.60. The van der Waals surface area contributed by atoms with Gasteiger partial charge in [-0.1, -0.05) is 12.1 Å². The van der Waals surface area contributed by atoms with E-state index in [2.05, 4.69) is 43.9 Å². The van der Waals surface area contributed by atoms with E-state index >= 15 is 0 Å². The van der Waals surface area contributed by atoms with E-state index in [0.29, 0.717) is 12.5 Å². The maximum atomic E-state index is 11.9. The zero-order valence-electron chi connectivity index (χ0n) is 12.5. The number of benzene rings is 1. The van der Waals surface area contributed by atoms with Crippen LogP contribution in [0.3, 0.4) is 0 Å². The molecule has 2 rings (SSSR count). The minimum absolute atomic E-state index is 0.187. The molecule has 0 saturated carbocycles. The van der Waals surface area contributed by atoms with Crippen molar-refractivity contribution in [3.63, 3.8) is 0 Å². The van der Waals surface area contributed by atoms with Gasteiger partial charge in [0.05, 0.1) is 0 Å². The molecule has 1 N–H and O–H groups in total. The number of aryl methyl sites for hydroxylation is 2. The first kappa shape index (κ1) is 14.6. The summed E-state index contributed by atoms with van der Waals surface area (Å²) in [5, 5.41) is 3.56. The summed E-state index contributed by atoms with van der Waals surface area (Å²) in [7, 11) is 0. The summed E-state index contributed by atoms with van der Waals surface area (Å²) >= 11 is 0. The molecule has 1 fully saturated rings. The van der Waals surface area contributed by atoms with E-state index < -0.39 is 0 Å². The van der Waals surface area contributed by atoms with E-state index in [4.69, 9.17) is 0 Å². The van der Waals surface area contributed by atoms with Gasteiger partial charge < -0.3 is 10.2 Å². The average molecular weight is 272 g/mol. The Labute approximate surface area is 121 Å². The molecule has 0 spiro atoms. The maximum Gasteiger partial charge on any atom is 0.226 e. The first-order valence-corrected chi connectivity index (χ1v) is 7.32. The van der Waals surface area contributed by atoms with E-state index in [9.17, 15) is 4.79 Å². The predicted molar refractivity (Wildman–Crippen MR) is 84.0 cm³/mol. The monoisotopic (exact) mass is 272 g/mol. The van der Waals surface area contributed by atoms with Crippen molar-refractivity contribution in [2.45, 2.75) is 39.2 Å². The highest BCUT2D eigenvalue weighted by Crippen LogP contribution is 2.19. The van der Waals surface area contributed by atoms with Crippen molar-refractivity contribution >= 4 is 11.6 Å². The van der Waals surface area contributed by atoms with E-state index in [1.165, 1.54) is 11.1 Å². The van der Waals surface area contributed by atoms with Gasteiger partial charge in [0, 0.05) is 31.2 Å². The second-order valence-corrected chi connectivity index (χ2v) is 5.62. The van der Waals surface area contributed by atoms with Gasteiger partial charge in [-0.15, -0.1) is 6.58 Å². The smallest absolute Gasteiger partial charge is 0.226 e. The van der Waals surface area contributed by atoms with Crippen molar-refractivity contribution in [2.24, 2.45) is 0 Å². The van der Waals surface area contributed by atoms with Crippen LogP contribution in [0.5, 0.6) is 0 Å². The van der Waals surface area contributed by atoms with E-state index in [1.807, 2.05) is 4.90 Å². The third-order valence-electron chi connectivity index (χ3n) is 3.97. The topological polar surface area (TPSA) is 32.3 Å². The molecular weight excluding hydrogens is 248 g/mol. The molecule has 20 heavy (non-hydrogen) atoms. The highest BCUT2D eigenvalue weighted by molar-refractivity contribution is 5.77. The van der Waals surface area contributed by atoms with Crippen LogP contribution < -0.4 is 5.32 Å². The minimum Gasteiger partial charge on any atom is -0.381 e. The molecular formula is C17H24N2O. The fourth-order valence-corrected chi connectivity index (χ4v) is 2.64. The molecule has 0 aliphatic carbocycles. The maximum absolute atomic E-state index is 11.9. The van der Waals surface area contributed by atoms with Crippen LogP contribution in [0.2, 0.25) is 0 Å². The van der Waals surface area contributed by atoms with Crippen LogP contribution in [0.15, 0.2) is 30.9 Å². The van der Waals surface area contributed by atoms with Gasteiger partial charge in [0.2, 0.25) is 5.91 Å². The molecule has 1 aliphatic rings. The highest BCUT2D eigenvalue weighted by Gasteiger charge is 2.22. The van der Waals surface area contributed by atoms with E-state index in [-0.39, 0.29) is 5.91 Å². The Hall–Kier alpha value is -1.77. The molecule has 0 bridgehead atoms. The van der Waals surface area contributed by atoms with Crippen LogP contribution in [-0.4, -0.2) is 29.9 Å². The molecule has 1 unspecified atom stereocenters. The summed E-state index contributed by atoms with van der Waals surface area (Å²) in [6, 6.07) is 6.79. The molecule has 1 atom stereocenters. The number of piperidine rings is 1. The average Bonchev–Trinajstić information content (AvgIpc) is 2.43. The number of likely N-dealkylation sites (tertiary alicyclic amines) is 1. The van der Waals surface area contributed by atoms with E-state index in [1.54, 1.807) is 6.08 Å². The van der Waals surface area contributed by atoms with Crippen molar-refractivity contribution < 1.29 is 4.79 Å². The Morgan fingerprint density at radius 3 is 2.95 bits per heavy atom. The summed E-state index contributed by atoms with van der Waals surface area (Å²) < 4.78 is 0. The lowest BCUT2D eigenvalue weighted by Crippen LogP contribution is -2.44. The second kappa shape index (κ2) is 6.60. The summed E-state index contributed by atoms with van der Waals surface area (Å²) in [4.78, 5) is 13.9. The number of anilines is 1. The van der Waals surface area contributed by atoms with Gasteiger partial charge in [-0.2, -0.15) is 0 Å². The standard InChI is InChI=1S/C17H24N2O/c1-4-6-17(20)19-10-5-7-16(12-19)18-15-9-8-13(2)14(3)11-15/h4,8-9,11,16,18H,1,5-7,10,12H2,2-3H3. The summed E-state index contributed by atoms with van der Waals surface area (Å²) in [6.07, 6.45) is 4.30. The lowest BCUT2D eigenvalue weighted by atomic mass is 10.0.